The summed E-state index contributed by atoms with van der Waals surface area (Å²) in [5, 5.41) is 0. The van der Waals surface area contributed by atoms with Gasteiger partial charge in [-0.15, -0.1) is 0 Å². The van der Waals surface area contributed by atoms with E-state index in [4.69, 9.17) is 4.98 Å². The Bertz CT molecular complexity index is 1410. The predicted molar refractivity (Wildman–Crippen MR) is 128 cm³/mol. The van der Waals surface area contributed by atoms with Crippen LogP contribution in [-0.4, -0.2) is 47.6 Å². The van der Waals surface area contributed by atoms with Gasteiger partial charge >= 0.3 is 5.69 Å². The van der Waals surface area contributed by atoms with Crippen LogP contribution in [0.15, 0.2) is 34.0 Å². The van der Waals surface area contributed by atoms with Crippen LogP contribution >= 0.6 is 0 Å². The highest BCUT2D eigenvalue weighted by Crippen LogP contribution is 2.17. The van der Waals surface area contributed by atoms with Crippen molar-refractivity contribution < 1.29 is 0 Å². The molecule has 0 saturated carbocycles. The molecule has 3 aromatic heterocycles. The van der Waals surface area contributed by atoms with Crippen molar-refractivity contribution >= 4 is 16.9 Å². The number of benzene rings is 1. The monoisotopic (exact) mass is 436 g/mol. The summed E-state index contributed by atoms with van der Waals surface area (Å²) in [5.41, 5.74) is 4.37. The summed E-state index contributed by atoms with van der Waals surface area (Å²) in [7, 11) is 1.68. The molecule has 0 bridgehead atoms. The molecular formula is C24H32N6O2. The van der Waals surface area contributed by atoms with Gasteiger partial charge in [0.1, 0.15) is 0 Å². The maximum absolute atomic E-state index is 13.5. The van der Waals surface area contributed by atoms with E-state index in [1.165, 1.54) is 9.13 Å². The SMILES string of the molecule is CCN(CC)CCn1c(C)cn2c3c(=O)n(Cc4cc(C)ccc4C)c(=O)n(C)c3nc12. The number of likely N-dealkylation sites (N-methyl/N-ethyl adjacent to an activating group) is 1. The lowest BCUT2D eigenvalue weighted by atomic mass is 10.1. The van der Waals surface area contributed by atoms with E-state index >= 15 is 0 Å². The molecule has 0 atom stereocenters. The summed E-state index contributed by atoms with van der Waals surface area (Å²) in [4.78, 5) is 33.7. The minimum atomic E-state index is -0.351. The van der Waals surface area contributed by atoms with Gasteiger partial charge in [-0.3, -0.25) is 18.3 Å². The normalized spacial score (nSPS) is 12.0. The van der Waals surface area contributed by atoms with Crippen LogP contribution in [0.1, 0.15) is 36.2 Å². The topological polar surface area (TPSA) is 69.5 Å². The van der Waals surface area contributed by atoms with Gasteiger partial charge in [0.15, 0.2) is 11.2 Å². The average molecular weight is 437 g/mol. The zero-order valence-electron chi connectivity index (χ0n) is 19.8. The maximum atomic E-state index is 13.5. The summed E-state index contributed by atoms with van der Waals surface area (Å²) in [5.74, 6) is 0.696. The van der Waals surface area contributed by atoms with Crippen LogP contribution in [0.3, 0.4) is 0 Å². The second-order valence-electron chi connectivity index (χ2n) is 8.57. The highest BCUT2D eigenvalue weighted by Gasteiger charge is 2.20. The van der Waals surface area contributed by atoms with Gasteiger partial charge < -0.3 is 9.47 Å². The molecule has 170 valence electrons. The van der Waals surface area contributed by atoms with Gasteiger partial charge in [-0.25, -0.2) is 4.79 Å². The van der Waals surface area contributed by atoms with Gasteiger partial charge in [0.05, 0.1) is 6.54 Å². The smallest absolute Gasteiger partial charge is 0.313 e. The first-order valence-corrected chi connectivity index (χ1v) is 11.2. The number of rotatable bonds is 7. The molecular weight excluding hydrogens is 404 g/mol. The zero-order chi connectivity index (χ0) is 23.2. The molecule has 4 aromatic rings. The molecule has 3 heterocycles. The minimum absolute atomic E-state index is 0.240. The molecule has 0 aliphatic heterocycles. The van der Waals surface area contributed by atoms with Gasteiger partial charge in [-0.1, -0.05) is 37.6 Å². The molecule has 0 aliphatic rings. The Morgan fingerprint density at radius 1 is 1.03 bits per heavy atom. The van der Waals surface area contributed by atoms with Crippen LogP contribution in [0.2, 0.25) is 0 Å². The van der Waals surface area contributed by atoms with Gasteiger partial charge in [0, 0.05) is 32.0 Å². The first-order chi connectivity index (χ1) is 15.3. The number of aromatic nitrogens is 5. The van der Waals surface area contributed by atoms with Gasteiger partial charge in [-0.05, 0) is 45.0 Å². The van der Waals surface area contributed by atoms with Gasteiger partial charge in [0.2, 0.25) is 5.78 Å². The summed E-state index contributed by atoms with van der Waals surface area (Å²) in [6, 6.07) is 6.09. The van der Waals surface area contributed by atoms with E-state index < -0.39 is 0 Å². The molecule has 0 aliphatic carbocycles. The van der Waals surface area contributed by atoms with Crippen LogP contribution in [-0.2, 0) is 20.1 Å². The van der Waals surface area contributed by atoms with Gasteiger partial charge in [-0.2, -0.15) is 4.98 Å². The van der Waals surface area contributed by atoms with Crippen LogP contribution in [0.5, 0.6) is 0 Å². The van der Waals surface area contributed by atoms with Crippen molar-refractivity contribution in [3.05, 3.63) is 67.6 Å². The van der Waals surface area contributed by atoms with E-state index in [-0.39, 0.29) is 17.8 Å². The largest absolute Gasteiger partial charge is 0.332 e. The van der Waals surface area contributed by atoms with Crippen molar-refractivity contribution in [2.45, 2.75) is 47.7 Å². The van der Waals surface area contributed by atoms with E-state index in [0.29, 0.717) is 16.9 Å². The first kappa shape index (κ1) is 22.1. The van der Waals surface area contributed by atoms with Crippen molar-refractivity contribution in [3.63, 3.8) is 0 Å². The standard InChI is InChI=1S/C24H32N6O2/c1-7-27(8-2)11-12-28-18(5)14-29-20-21(25-23(28)29)26(6)24(32)30(22(20)31)15-19-13-16(3)9-10-17(19)4/h9-10,13-14H,7-8,11-12,15H2,1-6H3. The maximum Gasteiger partial charge on any atom is 0.332 e. The Kier molecular flexibility index (Phi) is 5.81. The molecule has 0 saturated heterocycles. The molecule has 0 amide bonds. The quantitative estimate of drug-likeness (QED) is 0.446. The highest BCUT2D eigenvalue weighted by atomic mass is 16.2. The van der Waals surface area contributed by atoms with Crippen LogP contribution in [0, 0.1) is 20.8 Å². The van der Waals surface area contributed by atoms with E-state index in [1.807, 2.05) is 49.6 Å². The fourth-order valence-electron chi connectivity index (χ4n) is 4.39. The molecule has 32 heavy (non-hydrogen) atoms. The lowest BCUT2D eigenvalue weighted by molar-refractivity contribution is 0.291. The third kappa shape index (κ3) is 3.58. The molecule has 0 radical (unpaired) electrons. The number of fused-ring (bicyclic) bond motifs is 3. The van der Waals surface area contributed by atoms with Gasteiger partial charge in [0.25, 0.3) is 5.56 Å². The molecule has 1 aromatic carbocycles. The van der Waals surface area contributed by atoms with Crippen LogP contribution < -0.4 is 11.2 Å². The van der Waals surface area contributed by atoms with Crippen molar-refractivity contribution in [1.29, 1.82) is 0 Å². The van der Waals surface area contributed by atoms with E-state index in [9.17, 15) is 9.59 Å². The van der Waals surface area contributed by atoms with Crippen molar-refractivity contribution in [2.75, 3.05) is 19.6 Å². The number of imidazole rings is 2. The third-order valence-electron chi connectivity index (χ3n) is 6.51. The number of hydrogen-bond acceptors (Lipinski definition) is 4. The number of nitrogens with zero attached hydrogens (tertiary/aromatic N) is 6. The van der Waals surface area contributed by atoms with Crippen molar-refractivity contribution in [3.8, 4) is 0 Å². The minimum Gasteiger partial charge on any atom is -0.313 e. The van der Waals surface area contributed by atoms with Crippen LogP contribution in [0.4, 0.5) is 0 Å². The summed E-state index contributed by atoms with van der Waals surface area (Å²) >= 11 is 0. The molecule has 0 N–H and O–H groups in total. The lowest BCUT2D eigenvalue weighted by Crippen LogP contribution is -2.39. The second-order valence-corrected chi connectivity index (χ2v) is 8.57. The Balaban J connectivity index is 1.88. The Morgan fingerprint density at radius 2 is 1.75 bits per heavy atom. The van der Waals surface area contributed by atoms with Crippen molar-refractivity contribution in [2.24, 2.45) is 7.05 Å². The number of aryl methyl sites for hydroxylation is 4. The highest BCUT2D eigenvalue weighted by molar-refractivity contribution is 5.75. The summed E-state index contributed by atoms with van der Waals surface area (Å²) < 4.78 is 6.77. The third-order valence-corrected chi connectivity index (χ3v) is 6.51. The molecule has 0 fully saturated rings. The fraction of sp³-hybridized carbons (Fsp3) is 0.458. The summed E-state index contributed by atoms with van der Waals surface area (Å²) in [6.45, 7) is 14.2. The fourth-order valence-corrected chi connectivity index (χ4v) is 4.39. The molecule has 0 unspecified atom stereocenters. The Hall–Kier alpha value is -3.13. The van der Waals surface area contributed by atoms with Crippen molar-refractivity contribution in [1.82, 2.24) is 28.0 Å². The van der Waals surface area contributed by atoms with E-state index in [2.05, 4.69) is 23.3 Å². The first-order valence-electron chi connectivity index (χ1n) is 11.2. The van der Waals surface area contributed by atoms with E-state index in [1.54, 1.807) is 7.05 Å². The predicted octanol–water partition coefficient (Wildman–Crippen LogP) is 2.46. The second kappa shape index (κ2) is 8.43. The molecule has 8 heteroatoms. The lowest BCUT2D eigenvalue weighted by Gasteiger charge is -2.18. The summed E-state index contributed by atoms with van der Waals surface area (Å²) in [6.07, 6.45) is 1.95. The van der Waals surface area contributed by atoms with Crippen LogP contribution in [0.25, 0.3) is 16.9 Å². The molecule has 0 spiro atoms. The molecule has 8 nitrogen and oxygen atoms in total. The Morgan fingerprint density at radius 3 is 2.44 bits per heavy atom. The van der Waals surface area contributed by atoms with E-state index in [0.717, 1.165) is 48.6 Å². The average Bonchev–Trinajstić information content (AvgIpc) is 3.28. The zero-order valence-corrected chi connectivity index (χ0v) is 19.8. The number of hydrogen-bond donors (Lipinski definition) is 0. The molecule has 4 rings (SSSR count). The Labute approximate surface area is 187 Å².